The SMILES string of the molecule is C=C(C)C[C@H](c1ccc(C(F)(F)F)c(Cl)c1)N1CCNCC1.Cl.Cl. The fourth-order valence-electron chi connectivity index (χ4n) is 2.75. The van der Waals surface area contributed by atoms with Crippen molar-refractivity contribution in [2.45, 2.75) is 25.6 Å². The molecule has 0 amide bonds. The predicted molar refractivity (Wildman–Crippen MR) is 97.6 cm³/mol. The van der Waals surface area contributed by atoms with E-state index in [4.69, 9.17) is 11.6 Å². The van der Waals surface area contributed by atoms with E-state index in [-0.39, 0.29) is 35.9 Å². The number of nitrogens with zero attached hydrogens (tertiary/aromatic N) is 1. The molecule has 1 aliphatic rings. The maximum Gasteiger partial charge on any atom is 0.417 e. The van der Waals surface area contributed by atoms with Crippen LogP contribution in [0.15, 0.2) is 30.4 Å². The summed E-state index contributed by atoms with van der Waals surface area (Å²) < 4.78 is 38.5. The third-order valence-corrected chi connectivity index (χ3v) is 4.13. The highest BCUT2D eigenvalue weighted by atomic mass is 35.5. The van der Waals surface area contributed by atoms with E-state index < -0.39 is 11.7 Å². The number of halogens is 6. The van der Waals surface area contributed by atoms with E-state index in [1.165, 1.54) is 12.1 Å². The standard InChI is InChI=1S/C16H20ClF3N2.2ClH/c1-11(2)9-15(22-7-5-21-6-8-22)12-3-4-13(14(17)10-12)16(18,19)20;;/h3-4,10,15,21H,1,5-9H2,2H3;2*1H/t15-;;/m1../s1. The van der Waals surface area contributed by atoms with Gasteiger partial charge in [0.15, 0.2) is 0 Å². The predicted octanol–water partition coefficient (Wildman–Crippen LogP) is 5.11. The average Bonchev–Trinajstić information content (AvgIpc) is 2.44. The van der Waals surface area contributed by atoms with Crippen molar-refractivity contribution < 1.29 is 13.2 Å². The van der Waals surface area contributed by atoms with Gasteiger partial charge in [-0.25, -0.2) is 0 Å². The highest BCUT2D eigenvalue weighted by Crippen LogP contribution is 2.37. The van der Waals surface area contributed by atoms with Gasteiger partial charge in [-0.2, -0.15) is 13.2 Å². The highest BCUT2D eigenvalue weighted by molar-refractivity contribution is 6.31. The lowest BCUT2D eigenvalue weighted by Crippen LogP contribution is -2.45. The molecule has 0 unspecified atom stereocenters. The Labute approximate surface area is 158 Å². The van der Waals surface area contributed by atoms with Gasteiger partial charge in [-0.1, -0.05) is 23.2 Å². The molecule has 0 radical (unpaired) electrons. The minimum Gasteiger partial charge on any atom is -0.314 e. The molecular weight excluding hydrogens is 384 g/mol. The largest absolute Gasteiger partial charge is 0.417 e. The first-order chi connectivity index (χ1) is 10.3. The van der Waals surface area contributed by atoms with Crippen molar-refractivity contribution in [2.75, 3.05) is 26.2 Å². The number of benzene rings is 1. The Kier molecular flexibility index (Phi) is 9.69. The van der Waals surface area contributed by atoms with Crippen LogP contribution < -0.4 is 5.32 Å². The Morgan fingerprint density at radius 3 is 2.33 bits per heavy atom. The third-order valence-electron chi connectivity index (χ3n) is 3.82. The van der Waals surface area contributed by atoms with E-state index in [0.717, 1.165) is 43.4 Å². The quantitative estimate of drug-likeness (QED) is 0.700. The Hall–Kier alpha value is -0.460. The molecule has 1 aromatic carbocycles. The van der Waals surface area contributed by atoms with Crippen molar-refractivity contribution in [3.8, 4) is 0 Å². The lowest BCUT2D eigenvalue weighted by molar-refractivity contribution is -0.137. The fraction of sp³-hybridized carbons (Fsp3) is 0.500. The molecule has 1 atom stereocenters. The van der Waals surface area contributed by atoms with Crippen LogP contribution in [-0.4, -0.2) is 31.1 Å². The topological polar surface area (TPSA) is 15.3 Å². The van der Waals surface area contributed by atoms with Gasteiger partial charge in [0.05, 0.1) is 10.6 Å². The molecule has 1 aromatic rings. The highest BCUT2D eigenvalue weighted by Gasteiger charge is 2.33. The van der Waals surface area contributed by atoms with Crippen LogP contribution in [0.1, 0.15) is 30.5 Å². The van der Waals surface area contributed by atoms with E-state index >= 15 is 0 Å². The Bertz CT molecular complexity index is 544. The van der Waals surface area contributed by atoms with Crippen LogP contribution in [0.3, 0.4) is 0 Å². The molecule has 1 saturated heterocycles. The molecule has 24 heavy (non-hydrogen) atoms. The van der Waals surface area contributed by atoms with Crippen LogP contribution in [0.4, 0.5) is 13.2 Å². The minimum absolute atomic E-state index is 0. The van der Waals surface area contributed by atoms with Gasteiger partial charge >= 0.3 is 6.18 Å². The summed E-state index contributed by atoms with van der Waals surface area (Å²) in [6.45, 7) is 9.34. The van der Waals surface area contributed by atoms with Gasteiger partial charge in [-0.05, 0) is 31.0 Å². The van der Waals surface area contributed by atoms with Crippen LogP contribution in [-0.2, 0) is 6.18 Å². The number of hydrogen-bond acceptors (Lipinski definition) is 2. The second-order valence-corrected chi connectivity index (χ2v) is 6.11. The second-order valence-electron chi connectivity index (χ2n) is 5.70. The molecule has 8 heteroatoms. The van der Waals surface area contributed by atoms with Crippen LogP contribution in [0, 0.1) is 0 Å². The molecule has 1 heterocycles. The number of hydrogen-bond donors (Lipinski definition) is 1. The molecule has 2 nitrogen and oxygen atoms in total. The van der Waals surface area contributed by atoms with E-state index in [1.807, 2.05) is 6.92 Å². The maximum atomic E-state index is 12.8. The van der Waals surface area contributed by atoms with Crippen LogP contribution in [0.25, 0.3) is 0 Å². The van der Waals surface area contributed by atoms with E-state index in [0.29, 0.717) is 6.42 Å². The lowest BCUT2D eigenvalue weighted by atomic mass is 9.97. The molecule has 0 spiro atoms. The maximum absolute atomic E-state index is 12.8. The lowest BCUT2D eigenvalue weighted by Gasteiger charge is -2.35. The number of rotatable bonds is 4. The monoisotopic (exact) mass is 404 g/mol. The van der Waals surface area contributed by atoms with E-state index in [2.05, 4.69) is 16.8 Å². The molecule has 1 fully saturated rings. The smallest absolute Gasteiger partial charge is 0.314 e. The summed E-state index contributed by atoms with van der Waals surface area (Å²) in [5.41, 5.74) is 1.02. The van der Waals surface area contributed by atoms with Crippen LogP contribution in [0.5, 0.6) is 0 Å². The Balaban J connectivity index is 0.00000264. The summed E-state index contributed by atoms with van der Waals surface area (Å²) in [6, 6.07) is 4.06. The third kappa shape index (κ3) is 6.12. The summed E-state index contributed by atoms with van der Waals surface area (Å²) in [7, 11) is 0. The molecule has 0 aliphatic carbocycles. The van der Waals surface area contributed by atoms with Gasteiger partial charge in [-0.3, -0.25) is 4.90 Å². The van der Waals surface area contributed by atoms with Gasteiger partial charge < -0.3 is 5.32 Å². The zero-order valence-corrected chi connectivity index (χ0v) is 15.7. The second kappa shape index (κ2) is 9.88. The van der Waals surface area contributed by atoms with Gasteiger partial charge in [0.2, 0.25) is 0 Å². The van der Waals surface area contributed by atoms with Crippen molar-refractivity contribution >= 4 is 36.4 Å². The van der Waals surface area contributed by atoms with Gasteiger partial charge in [0.25, 0.3) is 0 Å². The fourth-order valence-corrected chi connectivity index (χ4v) is 3.05. The molecule has 138 valence electrons. The van der Waals surface area contributed by atoms with Gasteiger partial charge in [-0.15, -0.1) is 31.4 Å². The first-order valence-electron chi connectivity index (χ1n) is 7.25. The zero-order valence-electron chi connectivity index (χ0n) is 13.3. The normalized spacial score (nSPS) is 16.7. The first kappa shape index (κ1) is 23.5. The molecule has 0 bridgehead atoms. The van der Waals surface area contributed by atoms with Crippen molar-refractivity contribution in [1.29, 1.82) is 0 Å². The molecule has 0 aromatic heterocycles. The van der Waals surface area contributed by atoms with Crippen molar-refractivity contribution in [1.82, 2.24) is 10.2 Å². The Morgan fingerprint density at radius 1 is 1.29 bits per heavy atom. The molecule has 0 saturated carbocycles. The van der Waals surface area contributed by atoms with Crippen molar-refractivity contribution in [3.05, 3.63) is 46.5 Å². The van der Waals surface area contributed by atoms with Gasteiger partial charge in [0, 0.05) is 32.2 Å². The summed E-state index contributed by atoms with van der Waals surface area (Å²) >= 11 is 5.86. The van der Waals surface area contributed by atoms with Crippen LogP contribution in [0.2, 0.25) is 5.02 Å². The number of nitrogens with one attached hydrogen (secondary N) is 1. The number of alkyl halides is 3. The minimum atomic E-state index is -4.42. The first-order valence-corrected chi connectivity index (χ1v) is 7.62. The van der Waals surface area contributed by atoms with E-state index in [1.54, 1.807) is 0 Å². The summed E-state index contributed by atoms with van der Waals surface area (Å²) in [5.74, 6) is 0. The van der Waals surface area contributed by atoms with Crippen molar-refractivity contribution in [2.24, 2.45) is 0 Å². The summed E-state index contributed by atoms with van der Waals surface area (Å²) in [4.78, 5) is 2.27. The summed E-state index contributed by atoms with van der Waals surface area (Å²) in [5, 5.41) is 3.03. The van der Waals surface area contributed by atoms with E-state index in [9.17, 15) is 13.2 Å². The average molecular weight is 406 g/mol. The van der Waals surface area contributed by atoms with Crippen LogP contribution >= 0.6 is 36.4 Å². The molecule has 1 aliphatic heterocycles. The number of piperazine rings is 1. The van der Waals surface area contributed by atoms with Crippen molar-refractivity contribution in [3.63, 3.8) is 0 Å². The zero-order chi connectivity index (χ0) is 16.3. The molecule has 1 N–H and O–H groups in total. The summed E-state index contributed by atoms with van der Waals surface area (Å²) in [6.07, 6.45) is -3.71. The molecular formula is C16H22Cl3F3N2. The molecule has 2 rings (SSSR count). The van der Waals surface area contributed by atoms with Gasteiger partial charge in [0.1, 0.15) is 0 Å². The Morgan fingerprint density at radius 2 is 1.88 bits per heavy atom.